The Hall–Kier alpha value is -2.73. The lowest BCUT2D eigenvalue weighted by Crippen LogP contribution is -2.34. The molecule has 0 atom stereocenters. The van der Waals surface area contributed by atoms with E-state index in [1.54, 1.807) is 30.6 Å². The summed E-state index contributed by atoms with van der Waals surface area (Å²) in [7, 11) is 0. The van der Waals surface area contributed by atoms with Crippen molar-refractivity contribution >= 4 is 5.91 Å². The molecule has 0 spiro atoms. The number of amides is 1. The molecule has 6 heteroatoms. The highest BCUT2D eigenvalue weighted by Gasteiger charge is 2.20. The number of hydrogen-bond donors (Lipinski definition) is 1. The van der Waals surface area contributed by atoms with Gasteiger partial charge in [0.2, 0.25) is 0 Å². The Morgan fingerprint density at radius 2 is 2.00 bits per heavy atom. The summed E-state index contributed by atoms with van der Waals surface area (Å²) in [4.78, 5) is 18.4. The van der Waals surface area contributed by atoms with Crippen molar-refractivity contribution < 1.29 is 13.9 Å². The van der Waals surface area contributed by atoms with E-state index < -0.39 is 0 Å². The fourth-order valence-electron chi connectivity index (χ4n) is 4.22. The lowest BCUT2D eigenvalue weighted by molar-refractivity contribution is 0.0951. The number of aromatic nitrogens is 1. The number of ether oxygens (including phenoxy) is 1. The molecule has 1 aliphatic carbocycles. The summed E-state index contributed by atoms with van der Waals surface area (Å²) in [6.45, 7) is 4.03. The van der Waals surface area contributed by atoms with Crippen LogP contribution in [0.1, 0.15) is 40.7 Å². The molecule has 158 valence electrons. The van der Waals surface area contributed by atoms with Gasteiger partial charge in [-0.25, -0.2) is 4.39 Å². The van der Waals surface area contributed by atoms with E-state index in [9.17, 15) is 9.18 Å². The van der Waals surface area contributed by atoms with Gasteiger partial charge in [0.1, 0.15) is 18.2 Å². The van der Waals surface area contributed by atoms with Crippen LogP contribution in [0, 0.1) is 5.82 Å². The normalized spacial score (nSPS) is 16.1. The number of pyridine rings is 1. The Labute approximate surface area is 177 Å². The van der Waals surface area contributed by atoms with Gasteiger partial charge in [0.05, 0.1) is 0 Å². The first kappa shape index (κ1) is 20.5. The molecule has 0 fully saturated rings. The average molecular weight is 410 g/mol. The summed E-state index contributed by atoms with van der Waals surface area (Å²) >= 11 is 0. The van der Waals surface area contributed by atoms with Crippen LogP contribution in [-0.4, -0.2) is 48.6 Å². The van der Waals surface area contributed by atoms with Crippen LogP contribution < -0.4 is 10.1 Å². The molecule has 0 bridgehead atoms. The number of fused-ring (bicyclic) bond motifs is 1. The van der Waals surface area contributed by atoms with E-state index in [1.165, 1.54) is 11.6 Å². The Kier molecular flexibility index (Phi) is 6.74. The number of rotatable bonds is 8. The highest BCUT2D eigenvalue weighted by atomic mass is 19.1. The van der Waals surface area contributed by atoms with Gasteiger partial charge in [0.25, 0.3) is 5.91 Å². The highest BCUT2D eigenvalue weighted by Crippen LogP contribution is 2.32. The van der Waals surface area contributed by atoms with Gasteiger partial charge in [-0.15, -0.1) is 0 Å². The van der Waals surface area contributed by atoms with E-state index in [4.69, 9.17) is 4.74 Å². The summed E-state index contributed by atoms with van der Waals surface area (Å²) in [5.41, 5.74) is 3.78. The first-order chi connectivity index (χ1) is 14.7. The van der Waals surface area contributed by atoms with Crippen molar-refractivity contribution in [2.75, 3.05) is 32.8 Å². The smallest absolute Gasteiger partial charge is 0.251 e. The third-order valence-electron chi connectivity index (χ3n) is 5.78. The quantitative estimate of drug-likeness (QED) is 0.535. The monoisotopic (exact) mass is 409 g/mol. The Balaban J connectivity index is 1.20. The predicted octanol–water partition coefficient (Wildman–Crippen LogP) is 3.54. The first-order valence-corrected chi connectivity index (χ1v) is 10.7. The number of hydrogen-bond acceptors (Lipinski definition) is 4. The van der Waals surface area contributed by atoms with Gasteiger partial charge in [-0.2, -0.15) is 0 Å². The maximum absolute atomic E-state index is 13.9. The van der Waals surface area contributed by atoms with Crippen molar-refractivity contribution in [1.29, 1.82) is 0 Å². The largest absolute Gasteiger partial charge is 0.489 e. The molecule has 1 aromatic carbocycles. The number of nitrogens with one attached hydrogen (secondary N) is 1. The number of carbonyl (C=O) groups is 1. The summed E-state index contributed by atoms with van der Waals surface area (Å²) in [6.07, 6.45) is 10.1. The zero-order valence-electron chi connectivity index (χ0n) is 17.2. The fraction of sp³-hybridized carbons (Fsp3) is 0.417. The summed E-state index contributed by atoms with van der Waals surface area (Å²) in [5, 5.41) is 2.96. The van der Waals surface area contributed by atoms with Crippen LogP contribution in [0.15, 0.2) is 48.3 Å². The van der Waals surface area contributed by atoms with Crippen LogP contribution in [0.25, 0.3) is 0 Å². The van der Waals surface area contributed by atoms with Gasteiger partial charge >= 0.3 is 0 Å². The molecule has 4 rings (SSSR count). The molecule has 30 heavy (non-hydrogen) atoms. The summed E-state index contributed by atoms with van der Waals surface area (Å²) in [5.74, 6) is 0.673. The Morgan fingerprint density at radius 3 is 2.87 bits per heavy atom. The molecule has 0 unspecified atom stereocenters. The average Bonchev–Trinajstić information content (AvgIpc) is 3.28. The summed E-state index contributed by atoms with van der Waals surface area (Å²) < 4.78 is 20.0. The van der Waals surface area contributed by atoms with Gasteiger partial charge in [-0.1, -0.05) is 6.08 Å². The molecule has 1 amide bonds. The topological polar surface area (TPSA) is 54.5 Å². The minimum absolute atomic E-state index is 0.0585. The molecule has 0 radical (unpaired) electrons. The van der Waals surface area contributed by atoms with Crippen LogP contribution in [0.5, 0.6) is 5.75 Å². The number of carbonyl (C=O) groups excluding carboxylic acids is 1. The van der Waals surface area contributed by atoms with Gasteiger partial charge in [-0.3, -0.25) is 14.7 Å². The maximum Gasteiger partial charge on any atom is 0.251 e. The Morgan fingerprint density at radius 1 is 1.17 bits per heavy atom. The van der Waals surface area contributed by atoms with Crippen molar-refractivity contribution in [2.24, 2.45) is 0 Å². The molecule has 2 aliphatic rings. The van der Waals surface area contributed by atoms with Crippen molar-refractivity contribution in [3.05, 3.63) is 70.8 Å². The van der Waals surface area contributed by atoms with Crippen molar-refractivity contribution in [1.82, 2.24) is 15.2 Å². The van der Waals surface area contributed by atoms with Gasteiger partial charge < -0.3 is 10.1 Å². The van der Waals surface area contributed by atoms with Gasteiger partial charge in [-0.05, 0) is 67.5 Å². The first-order valence-electron chi connectivity index (χ1n) is 10.7. The summed E-state index contributed by atoms with van der Waals surface area (Å²) in [6, 6.07) is 6.73. The minimum atomic E-state index is -0.103. The van der Waals surface area contributed by atoms with Crippen molar-refractivity contribution in [2.45, 2.75) is 32.1 Å². The van der Waals surface area contributed by atoms with E-state index in [2.05, 4.69) is 21.3 Å². The van der Waals surface area contributed by atoms with E-state index in [1.807, 2.05) is 0 Å². The molecular weight excluding hydrogens is 381 g/mol. The molecule has 2 heterocycles. The van der Waals surface area contributed by atoms with E-state index in [0.29, 0.717) is 18.7 Å². The second kappa shape index (κ2) is 9.85. The molecule has 5 nitrogen and oxygen atoms in total. The zero-order valence-corrected chi connectivity index (χ0v) is 17.2. The second-order valence-electron chi connectivity index (χ2n) is 7.92. The van der Waals surface area contributed by atoms with Crippen molar-refractivity contribution in [3.8, 4) is 5.75 Å². The molecular formula is C24H28FN3O2. The lowest BCUT2D eigenvalue weighted by atomic mass is 10.1. The number of halogens is 1. The predicted molar refractivity (Wildman–Crippen MR) is 114 cm³/mol. The van der Waals surface area contributed by atoms with Crippen LogP contribution in [0.4, 0.5) is 4.39 Å². The van der Waals surface area contributed by atoms with Crippen molar-refractivity contribution in [3.63, 3.8) is 0 Å². The molecule has 0 saturated heterocycles. The molecule has 2 aromatic rings. The minimum Gasteiger partial charge on any atom is -0.489 e. The number of nitrogens with zero attached hydrogens (tertiary/aromatic N) is 2. The molecule has 1 aromatic heterocycles. The van der Waals surface area contributed by atoms with Gasteiger partial charge in [0, 0.05) is 49.7 Å². The van der Waals surface area contributed by atoms with E-state index >= 15 is 0 Å². The molecule has 0 saturated carbocycles. The second-order valence-corrected chi connectivity index (χ2v) is 7.92. The fourth-order valence-corrected chi connectivity index (χ4v) is 4.22. The van der Waals surface area contributed by atoms with E-state index in [0.717, 1.165) is 68.6 Å². The zero-order chi connectivity index (χ0) is 20.8. The molecule has 1 N–H and O–H groups in total. The third-order valence-corrected chi connectivity index (χ3v) is 5.78. The van der Waals surface area contributed by atoms with E-state index in [-0.39, 0.29) is 11.7 Å². The number of benzene rings is 1. The van der Waals surface area contributed by atoms with Crippen LogP contribution >= 0.6 is 0 Å². The standard InChI is InChI=1S/C24H28FN3O2/c25-22-7-8-23(21-6-1-5-20(21)22)30-17-18-4-2-14-28(16-18)15-3-11-27-24(29)19-9-12-26-13-10-19/h4,7-10,12-13H,1-3,5-6,11,14-17H2,(H,27,29). The van der Waals surface area contributed by atoms with Crippen LogP contribution in [0.3, 0.4) is 0 Å². The lowest BCUT2D eigenvalue weighted by Gasteiger charge is -2.27. The van der Waals surface area contributed by atoms with Crippen LogP contribution in [-0.2, 0) is 12.8 Å². The Bertz CT molecular complexity index is 914. The maximum atomic E-state index is 13.9. The van der Waals surface area contributed by atoms with Gasteiger partial charge in [0.15, 0.2) is 0 Å². The molecule has 1 aliphatic heterocycles. The van der Waals surface area contributed by atoms with Crippen LogP contribution in [0.2, 0.25) is 0 Å². The highest BCUT2D eigenvalue weighted by molar-refractivity contribution is 5.93. The SMILES string of the molecule is O=C(NCCCN1CCC=C(COc2ccc(F)c3c2CCC3)C1)c1ccncc1. The third kappa shape index (κ3) is 5.05.